The molecule has 33 heavy (non-hydrogen) atoms. The van der Waals surface area contributed by atoms with E-state index in [0.717, 1.165) is 22.3 Å². The Balaban J connectivity index is 1.68. The molecule has 2 aliphatic rings. The van der Waals surface area contributed by atoms with Crippen LogP contribution in [0, 0.1) is 23.4 Å². The van der Waals surface area contributed by atoms with Gasteiger partial charge in [-0.1, -0.05) is 42.0 Å². The van der Waals surface area contributed by atoms with Crippen LogP contribution in [0.2, 0.25) is 0 Å². The first-order valence-corrected chi connectivity index (χ1v) is 13.0. The number of pyridine rings is 1. The number of nitrogens with one attached hydrogen (secondary N) is 1. The van der Waals surface area contributed by atoms with E-state index in [0.29, 0.717) is 31.5 Å². The largest absolute Gasteiger partial charge is 0.338 e. The van der Waals surface area contributed by atoms with Crippen LogP contribution in [0.25, 0.3) is 5.57 Å². The summed E-state index contributed by atoms with van der Waals surface area (Å²) in [7, 11) is -2.88. The van der Waals surface area contributed by atoms with E-state index in [-0.39, 0.29) is 17.6 Å². The number of carbonyl (C=O) groups is 1. The number of carbonyl (C=O) groups excluding carboxylic acids is 1. The molecule has 2 aromatic rings. The lowest BCUT2D eigenvalue weighted by Gasteiger charge is -2.34. The third kappa shape index (κ3) is 5.14. The number of aromatic nitrogens is 1. The molecule has 1 aromatic carbocycles. The van der Waals surface area contributed by atoms with Crippen LogP contribution in [0.3, 0.4) is 0 Å². The average molecular weight is 466 g/mol. The summed E-state index contributed by atoms with van der Waals surface area (Å²) in [5.41, 5.74) is 4.30. The Labute approximate surface area is 194 Å². The summed E-state index contributed by atoms with van der Waals surface area (Å²) in [6.45, 7) is 2.99. The molecule has 3 atom stereocenters. The molecule has 1 aromatic heterocycles. The molecule has 2 heterocycles. The van der Waals surface area contributed by atoms with Gasteiger partial charge in [0.05, 0.1) is 10.8 Å². The molecule has 7 heteroatoms. The number of rotatable bonds is 4. The summed E-state index contributed by atoms with van der Waals surface area (Å²) in [5.74, 6) is -0.663. The number of piperidine rings is 1. The summed E-state index contributed by atoms with van der Waals surface area (Å²) in [6.07, 6.45) is 13.6. The molecule has 1 aliphatic heterocycles. The van der Waals surface area contributed by atoms with E-state index in [9.17, 15) is 13.4 Å². The standard InChI is InChI=1S/C26H28FN3O2S/c1-18-14-21(17-29-16-18)26(31)30-12-10-19(11-13-30)25(20-6-5-7-22(27)15-20)23-8-3-4-9-24(23)33(2,28)32/h3-9,14-17,23-24,28H,10-13H2,1-2H3. The van der Waals surface area contributed by atoms with Crippen LogP contribution in [0.4, 0.5) is 4.39 Å². The maximum atomic E-state index is 14.2. The number of halogens is 1. The van der Waals surface area contributed by atoms with Gasteiger partial charge in [0.1, 0.15) is 5.82 Å². The van der Waals surface area contributed by atoms with E-state index in [2.05, 4.69) is 4.98 Å². The summed E-state index contributed by atoms with van der Waals surface area (Å²) >= 11 is 0. The van der Waals surface area contributed by atoms with Crippen molar-refractivity contribution in [2.45, 2.75) is 25.0 Å². The van der Waals surface area contributed by atoms with Crippen LogP contribution in [0.1, 0.15) is 34.3 Å². The molecule has 1 N–H and O–H groups in total. The minimum absolute atomic E-state index is 0.0429. The third-order valence-electron chi connectivity index (χ3n) is 6.23. The number of benzene rings is 1. The highest BCUT2D eigenvalue weighted by Crippen LogP contribution is 2.39. The Morgan fingerprint density at radius 2 is 1.85 bits per heavy atom. The Kier molecular flexibility index (Phi) is 6.61. The van der Waals surface area contributed by atoms with E-state index < -0.39 is 15.0 Å². The fourth-order valence-corrected chi connectivity index (χ4v) is 5.85. The molecule has 0 bridgehead atoms. The van der Waals surface area contributed by atoms with Gasteiger partial charge < -0.3 is 4.90 Å². The molecule has 0 saturated carbocycles. The van der Waals surface area contributed by atoms with Crippen molar-refractivity contribution >= 4 is 21.2 Å². The van der Waals surface area contributed by atoms with Gasteiger partial charge in [0.2, 0.25) is 0 Å². The Hall–Kier alpha value is -3.06. The van der Waals surface area contributed by atoms with Gasteiger partial charge >= 0.3 is 0 Å². The van der Waals surface area contributed by atoms with Gasteiger partial charge in [0.15, 0.2) is 0 Å². The molecule has 5 nitrogen and oxygen atoms in total. The maximum Gasteiger partial charge on any atom is 0.255 e. The lowest BCUT2D eigenvalue weighted by Crippen LogP contribution is -2.37. The van der Waals surface area contributed by atoms with Crippen molar-refractivity contribution in [3.8, 4) is 0 Å². The van der Waals surface area contributed by atoms with Gasteiger partial charge in [0, 0.05) is 47.4 Å². The van der Waals surface area contributed by atoms with Crippen LogP contribution in [-0.4, -0.2) is 44.6 Å². The molecule has 0 radical (unpaired) electrons. The Morgan fingerprint density at radius 3 is 2.52 bits per heavy atom. The highest BCUT2D eigenvalue weighted by Gasteiger charge is 2.32. The average Bonchev–Trinajstić information content (AvgIpc) is 2.79. The number of aryl methyl sites for hydroxylation is 1. The van der Waals surface area contributed by atoms with E-state index in [1.807, 2.05) is 48.3 Å². The molecule has 4 rings (SSSR count). The first-order valence-electron chi connectivity index (χ1n) is 11.0. The molecule has 1 saturated heterocycles. The normalized spacial score (nSPS) is 22.2. The van der Waals surface area contributed by atoms with E-state index >= 15 is 0 Å². The minimum atomic E-state index is -2.88. The fourth-order valence-electron chi connectivity index (χ4n) is 4.67. The SMILES string of the molecule is Cc1cncc(C(=O)N2CCC(=C(c3cccc(F)c3)C3C=CC=CC3S(C)(=N)=O)CC2)c1. The predicted octanol–water partition coefficient (Wildman–Crippen LogP) is 5.01. The summed E-state index contributed by atoms with van der Waals surface area (Å²) < 4.78 is 35.2. The summed E-state index contributed by atoms with van der Waals surface area (Å²) in [6, 6.07) is 8.30. The summed E-state index contributed by atoms with van der Waals surface area (Å²) in [4.78, 5) is 18.9. The van der Waals surface area contributed by atoms with Crippen molar-refractivity contribution in [1.29, 1.82) is 4.78 Å². The molecule has 0 spiro atoms. The monoisotopic (exact) mass is 465 g/mol. The van der Waals surface area contributed by atoms with Crippen molar-refractivity contribution in [3.63, 3.8) is 0 Å². The van der Waals surface area contributed by atoms with Crippen LogP contribution < -0.4 is 0 Å². The first-order chi connectivity index (χ1) is 15.7. The van der Waals surface area contributed by atoms with Gasteiger partial charge in [-0.3, -0.25) is 14.6 Å². The van der Waals surface area contributed by atoms with Crippen molar-refractivity contribution in [2.24, 2.45) is 5.92 Å². The number of amides is 1. The van der Waals surface area contributed by atoms with Gasteiger partial charge in [-0.2, -0.15) is 0 Å². The van der Waals surface area contributed by atoms with Crippen molar-refractivity contribution in [3.05, 3.63) is 95.1 Å². The zero-order valence-corrected chi connectivity index (χ0v) is 19.6. The minimum Gasteiger partial charge on any atom is -0.338 e. The molecular weight excluding hydrogens is 437 g/mol. The lowest BCUT2D eigenvalue weighted by atomic mass is 9.81. The second-order valence-corrected chi connectivity index (χ2v) is 11.1. The predicted molar refractivity (Wildman–Crippen MR) is 130 cm³/mol. The van der Waals surface area contributed by atoms with Crippen LogP contribution in [0.15, 0.2) is 72.6 Å². The first kappa shape index (κ1) is 23.1. The van der Waals surface area contributed by atoms with Crippen molar-refractivity contribution in [1.82, 2.24) is 9.88 Å². The molecule has 1 aliphatic carbocycles. The quantitative estimate of drug-likeness (QED) is 0.690. The van der Waals surface area contributed by atoms with Crippen molar-refractivity contribution < 1.29 is 13.4 Å². The van der Waals surface area contributed by atoms with E-state index in [1.54, 1.807) is 18.5 Å². The summed E-state index contributed by atoms with van der Waals surface area (Å²) in [5, 5.41) is -0.494. The highest BCUT2D eigenvalue weighted by molar-refractivity contribution is 7.92. The van der Waals surface area contributed by atoms with Gasteiger partial charge in [-0.05, 0) is 54.7 Å². The number of likely N-dealkylation sites (tertiary alicyclic amines) is 1. The van der Waals surface area contributed by atoms with Crippen LogP contribution in [-0.2, 0) is 9.73 Å². The maximum absolute atomic E-state index is 14.2. The third-order valence-corrected chi connectivity index (χ3v) is 7.72. The highest BCUT2D eigenvalue weighted by atomic mass is 32.2. The molecular formula is C26H28FN3O2S. The Bertz CT molecular complexity index is 1250. The number of allylic oxidation sites excluding steroid dienone is 4. The number of nitrogens with zero attached hydrogens (tertiary/aromatic N) is 2. The van der Waals surface area contributed by atoms with Crippen LogP contribution in [0.5, 0.6) is 0 Å². The zero-order chi connectivity index (χ0) is 23.6. The number of hydrogen-bond donors (Lipinski definition) is 1. The molecule has 1 amide bonds. The topological polar surface area (TPSA) is 74.1 Å². The van der Waals surface area contributed by atoms with Gasteiger partial charge in [0.25, 0.3) is 5.91 Å². The van der Waals surface area contributed by atoms with Gasteiger partial charge in [-0.15, -0.1) is 0 Å². The van der Waals surface area contributed by atoms with E-state index in [1.165, 1.54) is 18.4 Å². The lowest BCUT2D eigenvalue weighted by molar-refractivity contribution is 0.0743. The fraction of sp³-hybridized carbons (Fsp3) is 0.308. The molecule has 1 fully saturated rings. The number of hydrogen-bond acceptors (Lipinski definition) is 4. The smallest absolute Gasteiger partial charge is 0.255 e. The van der Waals surface area contributed by atoms with Crippen LogP contribution >= 0.6 is 0 Å². The molecule has 172 valence electrons. The molecule has 3 unspecified atom stereocenters. The van der Waals surface area contributed by atoms with Crippen molar-refractivity contribution in [2.75, 3.05) is 19.3 Å². The second kappa shape index (κ2) is 9.43. The zero-order valence-electron chi connectivity index (χ0n) is 18.8. The Morgan fingerprint density at radius 1 is 1.12 bits per heavy atom. The van der Waals surface area contributed by atoms with Gasteiger partial charge in [-0.25, -0.2) is 8.60 Å². The van der Waals surface area contributed by atoms with E-state index in [4.69, 9.17) is 4.78 Å². The second-order valence-electron chi connectivity index (χ2n) is 8.73.